The molecule has 0 saturated carbocycles. The van der Waals surface area contributed by atoms with Crippen LogP contribution < -0.4 is 5.32 Å². The Balaban J connectivity index is 1.97. The molecule has 1 heterocycles. The number of nitrogens with one attached hydrogen (secondary N) is 1. The SMILES string of the molecule is N#Cc1cccc(C(=O)N2CCCCCCNC(=O)CC2c2ccccc2)c1. The quantitative estimate of drug-likeness (QED) is 0.867. The summed E-state index contributed by atoms with van der Waals surface area (Å²) in [5, 5.41) is 12.2. The molecule has 0 bridgehead atoms. The zero-order valence-electron chi connectivity index (χ0n) is 15.9. The van der Waals surface area contributed by atoms with Crippen molar-refractivity contribution >= 4 is 11.8 Å². The Labute approximate surface area is 166 Å². The third-order valence-electron chi connectivity index (χ3n) is 5.09. The predicted octanol–water partition coefficient (Wildman–Crippen LogP) is 3.82. The van der Waals surface area contributed by atoms with Gasteiger partial charge < -0.3 is 10.2 Å². The smallest absolute Gasteiger partial charge is 0.254 e. The van der Waals surface area contributed by atoms with Crippen LogP contribution in [0.25, 0.3) is 0 Å². The normalized spacial score (nSPS) is 18.5. The molecule has 2 aromatic rings. The zero-order valence-corrected chi connectivity index (χ0v) is 15.9. The number of benzene rings is 2. The predicted molar refractivity (Wildman–Crippen MR) is 107 cm³/mol. The van der Waals surface area contributed by atoms with Gasteiger partial charge in [0, 0.05) is 18.7 Å². The van der Waals surface area contributed by atoms with Crippen LogP contribution in [0.15, 0.2) is 54.6 Å². The number of hydrogen-bond acceptors (Lipinski definition) is 3. The standard InChI is InChI=1S/C23H25N3O2/c24-17-18-9-8-12-20(15-18)23(28)26-14-7-2-1-6-13-25-22(27)16-21(26)19-10-4-3-5-11-19/h3-5,8-12,15,21H,1-2,6-7,13-14,16H2,(H,25,27). The summed E-state index contributed by atoms with van der Waals surface area (Å²) in [5.74, 6) is -0.183. The van der Waals surface area contributed by atoms with Gasteiger partial charge in [0.15, 0.2) is 0 Å². The Bertz CT molecular complexity index is 858. The third kappa shape index (κ3) is 4.98. The highest BCUT2D eigenvalue weighted by Gasteiger charge is 2.28. The van der Waals surface area contributed by atoms with E-state index in [2.05, 4.69) is 11.4 Å². The maximum absolute atomic E-state index is 13.4. The van der Waals surface area contributed by atoms with E-state index in [9.17, 15) is 14.9 Å². The van der Waals surface area contributed by atoms with E-state index >= 15 is 0 Å². The fourth-order valence-corrected chi connectivity index (χ4v) is 3.61. The van der Waals surface area contributed by atoms with Crippen molar-refractivity contribution in [2.75, 3.05) is 13.1 Å². The van der Waals surface area contributed by atoms with Gasteiger partial charge in [-0.1, -0.05) is 49.2 Å². The van der Waals surface area contributed by atoms with E-state index in [-0.39, 0.29) is 24.3 Å². The molecule has 0 spiro atoms. The highest BCUT2D eigenvalue weighted by molar-refractivity contribution is 5.95. The van der Waals surface area contributed by atoms with E-state index in [1.807, 2.05) is 30.3 Å². The van der Waals surface area contributed by atoms with Gasteiger partial charge in [0.1, 0.15) is 0 Å². The van der Waals surface area contributed by atoms with Gasteiger partial charge in [-0.2, -0.15) is 5.26 Å². The molecule has 2 aromatic carbocycles. The van der Waals surface area contributed by atoms with Crippen molar-refractivity contribution in [3.05, 3.63) is 71.3 Å². The van der Waals surface area contributed by atoms with Gasteiger partial charge >= 0.3 is 0 Å². The van der Waals surface area contributed by atoms with E-state index in [1.165, 1.54) is 0 Å². The Kier molecular flexibility index (Phi) is 6.80. The summed E-state index contributed by atoms with van der Waals surface area (Å²) in [6.07, 6.45) is 4.12. The van der Waals surface area contributed by atoms with E-state index in [1.54, 1.807) is 29.2 Å². The molecule has 2 amide bonds. The Morgan fingerprint density at radius 2 is 1.82 bits per heavy atom. The first kappa shape index (κ1) is 19.6. The third-order valence-corrected chi connectivity index (χ3v) is 5.09. The number of nitrogens with zero attached hydrogens (tertiary/aromatic N) is 2. The molecule has 3 rings (SSSR count). The minimum absolute atomic E-state index is 0.0423. The van der Waals surface area contributed by atoms with Gasteiger partial charge in [-0.3, -0.25) is 9.59 Å². The summed E-state index contributed by atoms with van der Waals surface area (Å²) in [6, 6.07) is 18.2. The van der Waals surface area contributed by atoms with Crippen LogP contribution in [0.4, 0.5) is 0 Å². The number of amides is 2. The lowest BCUT2D eigenvalue weighted by atomic mass is 9.99. The molecule has 1 aliphatic heterocycles. The summed E-state index contributed by atoms with van der Waals surface area (Å²) >= 11 is 0. The first-order valence-electron chi connectivity index (χ1n) is 9.82. The zero-order chi connectivity index (χ0) is 19.8. The van der Waals surface area contributed by atoms with Gasteiger partial charge in [0.2, 0.25) is 5.91 Å². The summed E-state index contributed by atoms with van der Waals surface area (Å²) in [7, 11) is 0. The highest BCUT2D eigenvalue weighted by Crippen LogP contribution is 2.27. The molecule has 1 atom stereocenters. The van der Waals surface area contributed by atoms with Crippen LogP contribution in [0.5, 0.6) is 0 Å². The second kappa shape index (κ2) is 9.70. The molecule has 1 N–H and O–H groups in total. The minimum Gasteiger partial charge on any atom is -0.356 e. The van der Waals surface area contributed by atoms with Crippen LogP contribution in [0.1, 0.15) is 59.6 Å². The van der Waals surface area contributed by atoms with Crippen LogP contribution in [-0.4, -0.2) is 29.8 Å². The van der Waals surface area contributed by atoms with Crippen molar-refractivity contribution in [1.82, 2.24) is 10.2 Å². The number of hydrogen-bond donors (Lipinski definition) is 1. The van der Waals surface area contributed by atoms with Crippen LogP contribution in [0, 0.1) is 11.3 Å². The number of rotatable bonds is 2. The maximum atomic E-state index is 13.4. The average Bonchev–Trinajstić information content (AvgIpc) is 2.78. The van der Waals surface area contributed by atoms with Crippen molar-refractivity contribution in [2.24, 2.45) is 0 Å². The number of carbonyl (C=O) groups is 2. The Hall–Kier alpha value is -3.13. The summed E-state index contributed by atoms with van der Waals surface area (Å²) in [5.41, 5.74) is 1.88. The monoisotopic (exact) mass is 375 g/mol. The van der Waals surface area contributed by atoms with E-state index in [0.717, 1.165) is 31.2 Å². The molecule has 0 radical (unpaired) electrons. The van der Waals surface area contributed by atoms with Crippen LogP contribution in [0.3, 0.4) is 0 Å². The van der Waals surface area contributed by atoms with Crippen LogP contribution >= 0.6 is 0 Å². The second-order valence-corrected chi connectivity index (χ2v) is 7.09. The van der Waals surface area contributed by atoms with Crippen molar-refractivity contribution < 1.29 is 9.59 Å². The highest BCUT2D eigenvalue weighted by atomic mass is 16.2. The largest absolute Gasteiger partial charge is 0.356 e. The van der Waals surface area contributed by atoms with Gasteiger partial charge in [0.05, 0.1) is 24.1 Å². The Morgan fingerprint density at radius 1 is 1.04 bits per heavy atom. The molecular formula is C23H25N3O2. The molecule has 1 saturated heterocycles. The van der Waals surface area contributed by atoms with E-state index < -0.39 is 0 Å². The van der Waals surface area contributed by atoms with Crippen molar-refractivity contribution in [1.29, 1.82) is 5.26 Å². The maximum Gasteiger partial charge on any atom is 0.254 e. The average molecular weight is 375 g/mol. The molecule has 1 unspecified atom stereocenters. The minimum atomic E-state index is -0.336. The first-order chi connectivity index (χ1) is 13.7. The number of carbonyl (C=O) groups excluding carboxylic acids is 2. The summed E-state index contributed by atoms with van der Waals surface area (Å²) in [6.45, 7) is 1.26. The fourth-order valence-electron chi connectivity index (χ4n) is 3.61. The molecule has 1 fully saturated rings. The van der Waals surface area contributed by atoms with Crippen molar-refractivity contribution in [3.8, 4) is 6.07 Å². The van der Waals surface area contributed by atoms with E-state index in [4.69, 9.17) is 0 Å². The fraction of sp³-hybridized carbons (Fsp3) is 0.348. The van der Waals surface area contributed by atoms with Crippen LogP contribution in [0.2, 0.25) is 0 Å². The van der Waals surface area contributed by atoms with Gasteiger partial charge in [-0.15, -0.1) is 0 Å². The van der Waals surface area contributed by atoms with Gasteiger partial charge in [0.25, 0.3) is 5.91 Å². The first-order valence-corrected chi connectivity index (χ1v) is 9.82. The van der Waals surface area contributed by atoms with Gasteiger partial charge in [-0.05, 0) is 36.6 Å². The van der Waals surface area contributed by atoms with Gasteiger partial charge in [-0.25, -0.2) is 0 Å². The number of nitriles is 1. The molecule has 5 nitrogen and oxygen atoms in total. The van der Waals surface area contributed by atoms with Crippen molar-refractivity contribution in [3.63, 3.8) is 0 Å². The summed E-state index contributed by atoms with van der Waals surface area (Å²) in [4.78, 5) is 27.7. The molecule has 5 heteroatoms. The molecule has 28 heavy (non-hydrogen) atoms. The molecular weight excluding hydrogens is 350 g/mol. The van der Waals surface area contributed by atoms with E-state index in [0.29, 0.717) is 24.2 Å². The van der Waals surface area contributed by atoms with Crippen molar-refractivity contribution in [2.45, 2.75) is 38.1 Å². The Morgan fingerprint density at radius 3 is 2.61 bits per heavy atom. The molecule has 0 aromatic heterocycles. The topological polar surface area (TPSA) is 73.2 Å². The molecule has 0 aliphatic carbocycles. The summed E-state index contributed by atoms with van der Waals surface area (Å²) < 4.78 is 0. The lowest BCUT2D eigenvalue weighted by Gasteiger charge is -2.32. The lowest BCUT2D eigenvalue weighted by Crippen LogP contribution is -2.38. The second-order valence-electron chi connectivity index (χ2n) is 7.09. The lowest BCUT2D eigenvalue weighted by molar-refractivity contribution is -0.122. The molecule has 1 aliphatic rings. The van der Waals surface area contributed by atoms with Crippen LogP contribution in [-0.2, 0) is 4.79 Å². The molecule has 144 valence electrons.